The number of halogens is 2. The second-order valence-corrected chi connectivity index (χ2v) is 8.22. The van der Waals surface area contributed by atoms with Gasteiger partial charge in [0, 0.05) is 17.7 Å². The Morgan fingerprint density at radius 3 is 2.11 bits per heavy atom. The topological polar surface area (TPSA) is 12.7 Å². The normalized spacial score (nSPS) is 11.9. The summed E-state index contributed by atoms with van der Waals surface area (Å²) in [5, 5.41) is 0. The summed E-state index contributed by atoms with van der Waals surface area (Å²) >= 11 is 0. The lowest BCUT2D eigenvalue weighted by Gasteiger charge is -2.18. The number of pyridine rings is 1. The van der Waals surface area contributed by atoms with E-state index in [-0.39, 0.29) is 5.41 Å². The lowest BCUT2D eigenvalue weighted by atomic mass is 9.87. The third kappa shape index (κ3) is 3.27. The summed E-state index contributed by atoms with van der Waals surface area (Å²) < 4.78 is 35.2. The van der Waals surface area contributed by atoms with Crippen molar-refractivity contribution in [3.63, 3.8) is 0 Å². The molecule has 0 saturated carbocycles. The molecule has 2 aromatic heterocycles. The van der Waals surface area contributed by atoms with Gasteiger partial charge in [-0.3, -0.25) is 0 Å². The molecule has 0 aliphatic rings. The maximum atomic E-state index is 14.9. The molecule has 3 nitrogen and oxygen atoms in total. The highest BCUT2D eigenvalue weighted by Crippen LogP contribution is 2.34. The molecule has 0 atom stereocenters. The fourth-order valence-corrected chi connectivity index (χ4v) is 3.58. The van der Waals surface area contributed by atoms with Crippen molar-refractivity contribution < 1.29 is 17.9 Å². The maximum absolute atomic E-state index is 14.9. The Labute approximate surface area is 159 Å². The molecule has 0 bridgehead atoms. The highest BCUT2D eigenvalue weighted by molar-refractivity contribution is 5.73. The number of benzene rings is 1. The summed E-state index contributed by atoms with van der Waals surface area (Å²) in [4.78, 5) is 0. The zero-order chi connectivity index (χ0) is 20.1. The molecule has 3 aromatic rings. The van der Waals surface area contributed by atoms with Crippen LogP contribution in [-0.2, 0) is 26.6 Å². The molecular weight excluding hydrogens is 344 g/mol. The van der Waals surface area contributed by atoms with Gasteiger partial charge in [-0.25, -0.2) is 22.5 Å². The molecule has 1 aromatic carbocycles. The Bertz CT molecular complexity index is 1010. The molecule has 142 valence electrons. The molecule has 0 amide bonds. The van der Waals surface area contributed by atoms with Crippen molar-refractivity contribution in [3.05, 3.63) is 59.6 Å². The van der Waals surface area contributed by atoms with Crippen LogP contribution in [0.25, 0.3) is 22.6 Å². The van der Waals surface area contributed by atoms with Crippen LogP contribution in [0.15, 0.2) is 36.8 Å². The van der Waals surface area contributed by atoms with Gasteiger partial charge in [0.05, 0.1) is 19.7 Å². The zero-order valence-corrected chi connectivity index (χ0v) is 17.1. The van der Waals surface area contributed by atoms with Crippen LogP contribution in [0.5, 0.6) is 0 Å². The summed E-state index contributed by atoms with van der Waals surface area (Å²) in [6.07, 6.45) is 5.73. The molecule has 0 spiro atoms. The monoisotopic (exact) mass is 371 g/mol. The molecule has 3 rings (SSSR count). The fraction of sp³-hybridized carbons (Fsp3) is 0.364. The molecular formula is C22H27F2N3+2. The third-order valence-electron chi connectivity index (χ3n) is 5.14. The molecule has 0 unspecified atom stereocenters. The predicted molar refractivity (Wildman–Crippen MR) is 102 cm³/mol. The Hall–Kier alpha value is -2.56. The van der Waals surface area contributed by atoms with E-state index in [4.69, 9.17) is 0 Å². The summed E-state index contributed by atoms with van der Waals surface area (Å²) in [6, 6.07) is 4.92. The first-order chi connectivity index (χ1) is 12.5. The minimum Gasteiger partial charge on any atom is -0.233 e. The quantitative estimate of drug-likeness (QED) is 0.606. The van der Waals surface area contributed by atoms with Gasteiger partial charge < -0.3 is 0 Å². The van der Waals surface area contributed by atoms with E-state index in [1.807, 2.05) is 65.6 Å². The van der Waals surface area contributed by atoms with Crippen molar-refractivity contribution in [1.82, 2.24) is 4.57 Å². The van der Waals surface area contributed by atoms with E-state index in [0.717, 1.165) is 17.3 Å². The molecule has 0 fully saturated rings. The van der Waals surface area contributed by atoms with Gasteiger partial charge in [0.2, 0.25) is 5.69 Å². The standard InChI is InChI=1S/C22H27F2N3/c1-14-19(18-9-8-15(13-27(18)7)22(2,3)4)16(23)12-17(24)20(14)21-25(5)10-11-26(21)6/h8-13H,1-7H3/q+2. The molecule has 2 heterocycles. The van der Waals surface area contributed by atoms with Gasteiger partial charge in [-0.2, -0.15) is 0 Å². The second kappa shape index (κ2) is 6.55. The van der Waals surface area contributed by atoms with Gasteiger partial charge >= 0.3 is 0 Å². The molecule has 0 aliphatic heterocycles. The van der Waals surface area contributed by atoms with Crippen molar-refractivity contribution in [2.75, 3.05) is 0 Å². The lowest BCUT2D eigenvalue weighted by molar-refractivity contribution is -0.661. The summed E-state index contributed by atoms with van der Waals surface area (Å²) in [6.45, 7) is 8.19. The summed E-state index contributed by atoms with van der Waals surface area (Å²) in [5.74, 6) is -0.412. The smallest absolute Gasteiger partial charge is 0.233 e. The first-order valence-electron chi connectivity index (χ1n) is 9.03. The van der Waals surface area contributed by atoms with Crippen LogP contribution in [0.3, 0.4) is 0 Å². The van der Waals surface area contributed by atoms with Crippen molar-refractivity contribution in [2.45, 2.75) is 33.1 Å². The van der Waals surface area contributed by atoms with E-state index >= 15 is 0 Å². The first kappa shape index (κ1) is 19.2. The largest absolute Gasteiger partial charge is 0.291 e. The molecule has 27 heavy (non-hydrogen) atoms. The van der Waals surface area contributed by atoms with Gasteiger partial charge in [-0.1, -0.05) is 20.8 Å². The molecule has 0 aliphatic carbocycles. The number of aryl methyl sites for hydroxylation is 3. The minimum atomic E-state index is -0.555. The van der Waals surface area contributed by atoms with Gasteiger partial charge in [-0.15, -0.1) is 0 Å². The number of nitrogens with zero attached hydrogens (tertiary/aromatic N) is 3. The minimum absolute atomic E-state index is 0.00533. The van der Waals surface area contributed by atoms with Crippen LogP contribution >= 0.6 is 0 Å². The first-order valence-corrected chi connectivity index (χ1v) is 9.03. The summed E-state index contributed by atoms with van der Waals surface area (Å²) in [5.41, 5.74) is 3.30. The van der Waals surface area contributed by atoms with E-state index in [0.29, 0.717) is 22.5 Å². The van der Waals surface area contributed by atoms with Crippen molar-refractivity contribution in [3.8, 4) is 22.6 Å². The Morgan fingerprint density at radius 1 is 0.963 bits per heavy atom. The molecule has 0 saturated heterocycles. The Kier molecular flexibility index (Phi) is 4.66. The van der Waals surface area contributed by atoms with Crippen molar-refractivity contribution >= 4 is 0 Å². The van der Waals surface area contributed by atoms with Crippen LogP contribution in [0.2, 0.25) is 0 Å². The number of rotatable bonds is 2. The average Bonchev–Trinajstić information content (AvgIpc) is 2.87. The SMILES string of the molecule is Cc1c(-c2ccc(C(C)(C)C)c[n+]2C)c(F)cc(F)c1-c1n(C)cc[n+]1C. The van der Waals surface area contributed by atoms with Crippen LogP contribution in [0.4, 0.5) is 8.78 Å². The van der Waals surface area contributed by atoms with Gasteiger partial charge in [-0.05, 0) is 24.0 Å². The Morgan fingerprint density at radius 2 is 1.59 bits per heavy atom. The summed E-state index contributed by atoms with van der Waals surface area (Å²) in [7, 11) is 5.61. The maximum Gasteiger partial charge on any atom is 0.291 e. The van der Waals surface area contributed by atoms with Crippen LogP contribution in [-0.4, -0.2) is 4.57 Å². The van der Waals surface area contributed by atoms with Crippen LogP contribution in [0, 0.1) is 18.6 Å². The number of hydrogen-bond acceptors (Lipinski definition) is 0. The van der Waals surface area contributed by atoms with E-state index in [1.54, 1.807) is 6.92 Å². The highest BCUT2D eigenvalue weighted by atomic mass is 19.1. The Balaban J connectivity index is 2.28. The van der Waals surface area contributed by atoms with Crippen molar-refractivity contribution in [2.24, 2.45) is 21.1 Å². The molecule has 0 N–H and O–H groups in total. The van der Waals surface area contributed by atoms with E-state index in [2.05, 4.69) is 20.8 Å². The van der Waals surface area contributed by atoms with Gasteiger partial charge in [0.15, 0.2) is 6.20 Å². The van der Waals surface area contributed by atoms with E-state index in [1.165, 1.54) is 0 Å². The second-order valence-electron chi connectivity index (χ2n) is 8.22. The fourth-order valence-electron chi connectivity index (χ4n) is 3.58. The van der Waals surface area contributed by atoms with Crippen molar-refractivity contribution in [1.29, 1.82) is 0 Å². The number of aromatic nitrogens is 3. The van der Waals surface area contributed by atoms with Crippen LogP contribution in [0.1, 0.15) is 31.9 Å². The lowest BCUT2D eigenvalue weighted by Crippen LogP contribution is -2.34. The third-order valence-corrected chi connectivity index (χ3v) is 5.14. The highest BCUT2D eigenvalue weighted by Gasteiger charge is 2.29. The van der Waals surface area contributed by atoms with Crippen LogP contribution < -0.4 is 9.13 Å². The van der Waals surface area contributed by atoms with E-state index in [9.17, 15) is 8.78 Å². The van der Waals surface area contributed by atoms with Gasteiger partial charge in [0.1, 0.15) is 36.6 Å². The van der Waals surface area contributed by atoms with E-state index < -0.39 is 11.6 Å². The number of hydrogen-bond donors (Lipinski definition) is 0. The number of imidazole rings is 1. The van der Waals surface area contributed by atoms with Gasteiger partial charge in [0.25, 0.3) is 5.82 Å². The predicted octanol–water partition coefficient (Wildman–Crippen LogP) is 3.89. The molecule has 0 radical (unpaired) electrons. The zero-order valence-electron chi connectivity index (χ0n) is 17.1. The molecule has 5 heteroatoms. The average molecular weight is 371 g/mol.